The Bertz CT molecular complexity index is 328. The molecule has 0 radical (unpaired) electrons. The summed E-state index contributed by atoms with van der Waals surface area (Å²) in [6.45, 7) is 7.92. The zero-order valence-corrected chi connectivity index (χ0v) is 19.9. The number of allylic oxidation sites excluding steroid dienone is 1. The number of nitrogens with zero attached hydrogens (tertiary/aromatic N) is 1. The smallest absolute Gasteiger partial charge is 0.102 e. The number of rotatable bonds is 22. The highest BCUT2D eigenvalue weighted by molar-refractivity contribution is 4.80. The molecule has 0 aromatic rings. The van der Waals surface area contributed by atoms with E-state index in [4.69, 9.17) is 0 Å². The molecule has 1 unspecified atom stereocenters. The predicted molar refractivity (Wildman–Crippen MR) is 127 cm³/mol. The number of aliphatic hydroxyl groups excluding tert-OH is 1. The van der Waals surface area contributed by atoms with Crippen molar-refractivity contribution in [3.63, 3.8) is 0 Å². The molecule has 1 atom stereocenters. The molecule has 0 aromatic heterocycles. The average Bonchev–Trinajstić information content (AvgIpc) is 2.68. The molecule has 0 saturated carbocycles. The molecular formula is C26H54NO+. The zero-order chi connectivity index (χ0) is 20.8. The molecule has 0 bridgehead atoms. The first kappa shape index (κ1) is 27.7. The van der Waals surface area contributed by atoms with Gasteiger partial charge in [0.1, 0.15) is 6.54 Å². The maximum atomic E-state index is 9.35. The molecule has 0 amide bonds. The van der Waals surface area contributed by atoms with Crippen LogP contribution in [0.15, 0.2) is 12.2 Å². The van der Waals surface area contributed by atoms with E-state index in [-0.39, 0.29) is 0 Å². The fourth-order valence-electron chi connectivity index (χ4n) is 4.07. The Hall–Kier alpha value is -0.340. The van der Waals surface area contributed by atoms with Gasteiger partial charge in [0.05, 0.1) is 26.7 Å². The highest BCUT2D eigenvalue weighted by Gasteiger charge is 2.18. The summed E-state index contributed by atoms with van der Waals surface area (Å²) in [4.78, 5) is 0. The molecule has 0 aliphatic heterocycles. The number of likely N-dealkylation sites (N-methyl/N-ethyl adjacent to an activating group) is 1. The van der Waals surface area contributed by atoms with Crippen LogP contribution >= 0.6 is 0 Å². The molecular weight excluding hydrogens is 342 g/mol. The van der Waals surface area contributed by atoms with Crippen LogP contribution in [-0.2, 0) is 0 Å². The topological polar surface area (TPSA) is 20.2 Å². The fourth-order valence-corrected chi connectivity index (χ4v) is 4.07. The Kier molecular flexibility index (Phi) is 21.1. The van der Waals surface area contributed by atoms with Crippen molar-refractivity contribution in [2.75, 3.05) is 33.3 Å². The van der Waals surface area contributed by atoms with E-state index in [1.165, 1.54) is 109 Å². The quantitative estimate of drug-likeness (QED) is 0.113. The Morgan fingerprint density at radius 1 is 0.571 bits per heavy atom. The molecule has 0 spiro atoms. The highest BCUT2D eigenvalue weighted by Crippen LogP contribution is 2.14. The van der Waals surface area contributed by atoms with Gasteiger partial charge in [-0.25, -0.2) is 0 Å². The first-order valence-electron chi connectivity index (χ1n) is 12.8. The second kappa shape index (κ2) is 21.4. The van der Waals surface area contributed by atoms with E-state index in [0.29, 0.717) is 6.61 Å². The van der Waals surface area contributed by atoms with Crippen molar-refractivity contribution in [3.05, 3.63) is 12.2 Å². The van der Waals surface area contributed by atoms with Gasteiger partial charge in [-0.3, -0.25) is 0 Å². The highest BCUT2D eigenvalue weighted by atomic mass is 16.3. The molecule has 2 heteroatoms. The van der Waals surface area contributed by atoms with Crippen molar-refractivity contribution in [2.45, 2.75) is 123 Å². The van der Waals surface area contributed by atoms with E-state index >= 15 is 0 Å². The van der Waals surface area contributed by atoms with Crippen LogP contribution in [0.4, 0.5) is 0 Å². The standard InChI is InChI=1S/C26H54NO/c1-4-6-8-9-10-11-12-13-14-15-16-17-18-19-20-22-24-27(3,25-26-28)23-21-7-5-2/h7,21,28H,4-6,8-20,22-26H2,1-3H3/q+1/b21-7-. The lowest BCUT2D eigenvalue weighted by molar-refractivity contribution is -0.904. The van der Waals surface area contributed by atoms with Gasteiger partial charge < -0.3 is 9.59 Å². The maximum absolute atomic E-state index is 9.35. The third-order valence-electron chi connectivity index (χ3n) is 6.14. The van der Waals surface area contributed by atoms with Gasteiger partial charge in [-0.15, -0.1) is 0 Å². The van der Waals surface area contributed by atoms with Crippen LogP contribution in [0, 0.1) is 0 Å². The lowest BCUT2D eigenvalue weighted by atomic mass is 10.0. The minimum absolute atomic E-state index is 0.301. The van der Waals surface area contributed by atoms with Gasteiger partial charge >= 0.3 is 0 Å². The van der Waals surface area contributed by atoms with Crippen LogP contribution in [0.5, 0.6) is 0 Å². The molecule has 1 N–H and O–H groups in total. The van der Waals surface area contributed by atoms with E-state index in [1.54, 1.807) is 0 Å². The van der Waals surface area contributed by atoms with E-state index in [2.05, 4.69) is 33.0 Å². The van der Waals surface area contributed by atoms with Crippen LogP contribution in [0.3, 0.4) is 0 Å². The Morgan fingerprint density at radius 3 is 1.39 bits per heavy atom. The van der Waals surface area contributed by atoms with Gasteiger partial charge in [0.15, 0.2) is 0 Å². The van der Waals surface area contributed by atoms with E-state index in [9.17, 15) is 5.11 Å². The lowest BCUT2D eigenvalue weighted by Gasteiger charge is -2.33. The molecule has 2 nitrogen and oxygen atoms in total. The van der Waals surface area contributed by atoms with Crippen molar-refractivity contribution < 1.29 is 9.59 Å². The minimum Gasteiger partial charge on any atom is -0.391 e. The van der Waals surface area contributed by atoms with Crippen molar-refractivity contribution in [1.29, 1.82) is 0 Å². The van der Waals surface area contributed by atoms with Crippen LogP contribution in [0.2, 0.25) is 0 Å². The normalized spacial score (nSPS) is 14.0. The van der Waals surface area contributed by atoms with Crippen molar-refractivity contribution >= 4 is 0 Å². The van der Waals surface area contributed by atoms with Crippen molar-refractivity contribution in [3.8, 4) is 0 Å². The molecule has 0 saturated heterocycles. The lowest BCUT2D eigenvalue weighted by Crippen LogP contribution is -2.46. The van der Waals surface area contributed by atoms with E-state index in [1.807, 2.05) is 0 Å². The second-order valence-electron chi connectivity index (χ2n) is 9.16. The van der Waals surface area contributed by atoms with Gasteiger partial charge in [0, 0.05) is 0 Å². The van der Waals surface area contributed by atoms with Gasteiger partial charge in [-0.05, 0) is 25.3 Å². The van der Waals surface area contributed by atoms with E-state index < -0.39 is 0 Å². The fraction of sp³-hybridized carbons (Fsp3) is 0.923. The first-order valence-corrected chi connectivity index (χ1v) is 12.8. The summed E-state index contributed by atoms with van der Waals surface area (Å²) in [6, 6.07) is 0. The number of unbranched alkanes of at least 4 members (excludes halogenated alkanes) is 15. The van der Waals surface area contributed by atoms with E-state index in [0.717, 1.165) is 24.0 Å². The third kappa shape index (κ3) is 19.0. The molecule has 28 heavy (non-hydrogen) atoms. The van der Waals surface area contributed by atoms with Crippen LogP contribution in [0.1, 0.15) is 123 Å². The average molecular weight is 397 g/mol. The summed E-state index contributed by atoms with van der Waals surface area (Å²) in [5.41, 5.74) is 0. The second-order valence-corrected chi connectivity index (χ2v) is 9.16. The third-order valence-corrected chi connectivity index (χ3v) is 6.14. The summed E-state index contributed by atoms with van der Waals surface area (Å²) in [5, 5.41) is 9.35. The largest absolute Gasteiger partial charge is 0.391 e. The Morgan fingerprint density at radius 2 is 1.00 bits per heavy atom. The maximum Gasteiger partial charge on any atom is 0.102 e. The van der Waals surface area contributed by atoms with Gasteiger partial charge in [-0.2, -0.15) is 0 Å². The first-order chi connectivity index (χ1) is 13.7. The molecule has 168 valence electrons. The SMILES string of the molecule is CC/C=C\C[N+](C)(CCO)CCCCCCCCCCCCCCCCCC. The molecule has 0 aliphatic carbocycles. The Labute approximate surface area is 178 Å². The van der Waals surface area contributed by atoms with Crippen LogP contribution in [-0.4, -0.2) is 42.9 Å². The molecule has 0 aliphatic rings. The Balaban J connectivity index is 3.41. The summed E-state index contributed by atoms with van der Waals surface area (Å²) in [6.07, 6.45) is 28.4. The number of aliphatic hydroxyl groups is 1. The number of quaternary nitrogens is 1. The zero-order valence-electron chi connectivity index (χ0n) is 19.9. The monoisotopic (exact) mass is 396 g/mol. The van der Waals surface area contributed by atoms with Crippen molar-refractivity contribution in [1.82, 2.24) is 0 Å². The van der Waals surface area contributed by atoms with Gasteiger partial charge in [0.25, 0.3) is 0 Å². The molecule has 0 fully saturated rings. The number of hydrogen-bond donors (Lipinski definition) is 1. The summed E-state index contributed by atoms with van der Waals surface area (Å²) in [7, 11) is 2.29. The number of hydrogen-bond acceptors (Lipinski definition) is 1. The van der Waals surface area contributed by atoms with Crippen LogP contribution in [0.25, 0.3) is 0 Å². The molecule has 0 heterocycles. The van der Waals surface area contributed by atoms with Gasteiger partial charge in [-0.1, -0.05) is 110 Å². The van der Waals surface area contributed by atoms with Crippen LogP contribution < -0.4 is 0 Å². The summed E-state index contributed by atoms with van der Waals surface area (Å²) >= 11 is 0. The summed E-state index contributed by atoms with van der Waals surface area (Å²) in [5.74, 6) is 0. The molecule has 0 rings (SSSR count). The summed E-state index contributed by atoms with van der Waals surface area (Å²) < 4.78 is 0.992. The van der Waals surface area contributed by atoms with Gasteiger partial charge in [0.2, 0.25) is 0 Å². The van der Waals surface area contributed by atoms with Crippen molar-refractivity contribution in [2.24, 2.45) is 0 Å². The molecule has 0 aromatic carbocycles. The minimum atomic E-state index is 0.301. The predicted octanol–water partition coefficient (Wildman–Crippen LogP) is 7.65.